The first kappa shape index (κ1) is 15.2. The highest BCUT2D eigenvalue weighted by atomic mass is 16.3. The molecule has 0 unspecified atom stereocenters. The number of aliphatic hydroxyl groups is 1. The molecule has 0 aromatic heterocycles. The quantitative estimate of drug-likeness (QED) is 0.760. The standard InChI is InChI=1S/C17H20N2O2/c18-16(10-9-13-5-2-1-3-6-13)17(21)19-15-8-4-7-14(11-15)12-20/h1-8,11,16,20H,9-10,12,18H2,(H,19,21)/t16-/m0/s1. The predicted molar refractivity (Wildman–Crippen MR) is 83.7 cm³/mol. The zero-order valence-corrected chi connectivity index (χ0v) is 11.8. The van der Waals surface area contributed by atoms with Crippen LogP contribution in [0.25, 0.3) is 0 Å². The van der Waals surface area contributed by atoms with Crippen molar-refractivity contribution in [2.75, 3.05) is 5.32 Å². The molecule has 2 aromatic rings. The van der Waals surface area contributed by atoms with E-state index in [0.717, 1.165) is 12.0 Å². The van der Waals surface area contributed by atoms with E-state index in [9.17, 15) is 4.79 Å². The summed E-state index contributed by atoms with van der Waals surface area (Å²) in [5.74, 6) is -0.207. The number of nitrogens with two attached hydrogens (primary N) is 1. The second-order valence-electron chi connectivity index (χ2n) is 4.98. The van der Waals surface area contributed by atoms with Crippen molar-refractivity contribution in [1.82, 2.24) is 0 Å². The minimum Gasteiger partial charge on any atom is -0.392 e. The lowest BCUT2D eigenvalue weighted by Crippen LogP contribution is -2.36. The average Bonchev–Trinajstić information content (AvgIpc) is 2.53. The van der Waals surface area contributed by atoms with Crippen LogP contribution in [-0.4, -0.2) is 17.1 Å². The Bertz CT molecular complexity index is 584. The van der Waals surface area contributed by atoms with Crippen LogP contribution in [0.15, 0.2) is 54.6 Å². The molecule has 110 valence electrons. The van der Waals surface area contributed by atoms with E-state index in [1.807, 2.05) is 30.3 Å². The lowest BCUT2D eigenvalue weighted by Gasteiger charge is -2.12. The van der Waals surface area contributed by atoms with Crippen molar-refractivity contribution >= 4 is 11.6 Å². The molecule has 4 N–H and O–H groups in total. The largest absolute Gasteiger partial charge is 0.392 e. The van der Waals surface area contributed by atoms with Crippen molar-refractivity contribution in [1.29, 1.82) is 0 Å². The van der Waals surface area contributed by atoms with Gasteiger partial charge in [-0.05, 0) is 36.1 Å². The summed E-state index contributed by atoms with van der Waals surface area (Å²) in [7, 11) is 0. The molecule has 0 bridgehead atoms. The summed E-state index contributed by atoms with van der Waals surface area (Å²) in [6.45, 7) is -0.0518. The summed E-state index contributed by atoms with van der Waals surface area (Å²) in [6, 6.07) is 16.5. The van der Waals surface area contributed by atoms with Crippen LogP contribution in [0, 0.1) is 0 Å². The number of anilines is 1. The van der Waals surface area contributed by atoms with Crippen molar-refractivity contribution in [2.24, 2.45) is 5.73 Å². The van der Waals surface area contributed by atoms with Crippen molar-refractivity contribution < 1.29 is 9.90 Å². The minimum absolute atomic E-state index is 0.0518. The van der Waals surface area contributed by atoms with Gasteiger partial charge in [-0.15, -0.1) is 0 Å². The Hall–Kier alpha value is -2.17. The molecule has 2 rings (SSSR count). The SMILES string of the molecule is N[C@@H](CCc1ccccc1)C(=O)Nc1cccc(CO)c1. The molecule has 0 heterocycles. The highest BCUT2D eigenvalue weighted by Crippen LogP contribution is 2.12. The van der Waals surface area contributed by atoms with Crippen LogP contribution in [0.4, 0.5) is 5.69 Å². The van der Waals surface area contributed by atoms with Crippen molar-refractivity contribution in [2.45, 2.75) is 25.5 Å². The molecule has 4 heteroatoms. The van der Waals surface area contributed by atoms with E-state index in [1.54, 1.807) is 24.3 Å². The lowest BCUT2D eigenvalue weighted by atomic mass is 10.1. The first-order valence-electron chi connectivity index (χ1n) is 6.99. The monoisotopic (exact) mass is 284 g/mol. The summed E-state index contributed by atoms with van der Waals surface area (Å²) in [4.78, 5) is 12.0. The van der Waals surface area contributed by atoms with Crippen LogP contribution in [0.5, 0.6) is 0 Å². The van der Waals surface area contributed by atoms with Gasteiger partial charge in [0.05, 0.1) is 12.6 Å². The number of aliphatic hydroxyl groups excluding tert-OH is 1. The maximum Gasteiger partial charge on any atom is 0.241 e. The Morgan fingerprint density at radius 2 is 1.81 bits per heavy atom. The van der Waals surface area contributed by atoms with E-state index in [4.69, 9.17) is 10.8 Å². The zero-order chi connectivity index (χ0) is 15.1. The first-order valence-corrected chi connectivity index (χ1v) is 6.99. The smallest absolute Gasteiger partial charge is 0.241 e. The third kappa shape index (κ3) is 4.70. The Morgan fingerprint density at radius 1 is 1.10 bits per heavy atom. The number of aryl methyl sites for hydroxylation is 1. The highest BCUT2D eigenvalue weighted by molar-refractivity contribution is 5.94. The Balaban J connectivity index is 1.87. The molecule has 1 atom stereocenters. The molecule has 0 spiro atoms. The summed E-state index contributed by atoms with van der Waals surface area (Å²) >= 11 is 0. The van der Waals surface area contributed by atoms with Crippen LogP contribution in [0.1, 0.15) is 17.5 Å². The van der Waals surface area contributed by atoms with Crippen molar-refractivity contribution in [3.8, 4) is 0 Å². The summed E-state index contributed by atoms with van der Waals surface area (Å²) in [5.41, 5.74) is 8.50. The average molecular weight is 284 g/mol. The number of carbonyl (C=O) groups excluding carboxylic acids is 1. The van der Waals surface area contributed by atoms with Crippen LogP contribution >= 0.6 is 0 Å². The predicted octanol–water partition coefficient (Wildman–Crippen LogP) is 2.08. The molecule has 21 heavy (non-hydrogen) atoms. The maximum atomic E-state index is 12.0. The van der Waals surface area contributed by atoms with Crippen LogP contribution in [0.3, 0.4) is 0 Å². The third-order valence-corrected chi connectivity index (χ3v) is 3.30. The molecule has 1 amide bonds. The van der Waals surface area contributed by atoms with Crippen LogP contribution < -0.4 is 11.1 Å². The van der Waals surface area contributed by atoms with Gasteiger partial charge in [-0.2, -0.15) is 0 Å². The summed E-state index contributed by atoms with van der Waals surface area (Å²) < 4.78 is 0. The molecule has 2 aromatic carbocycles. The molecule has 0 saturated heterocycles. The van der Waals surface area contributed by atoms with E-state index in [1.165, 1.54) is 5.56 Å². The fraction of sp³-hybridized carbons (Fsp3) is 0.235. The first-order chi connectivity index (χ1) is 10.2. The van der Waals surface area contributed by atoms with E-state index >= 15 is 0 Å². The summed E-state index contributed by atoms with van der Waals surface area (Å²) in [5, 5.41) is 11.9. The second-order valence-corrected chi connectivity index (χ2v) is 4.98. The van der Waals surface area contributed by atoms with Crippen LogP contribution in [0.2, 0.25) is 0 Å². The van der Waals surface area contributed by atoms with Crippen molar-refractivity contribution in [3.63, 3.8) is 0 Å². The molecule has 4 nitrogen and oxygen atoms in total. The topological polar surface area (TPSA) is 75.4 Å². The second kappa shape index (κ2) is 7.57. The highest BCUT2D eigenvalue weighted by Gasteiger charge is 2.13. The molecular weight excluding hydrogens is 264 g/mol. The Kier molecular flexibility index (Phi) is 5.49. The summed E-state index contributed by atoms with van der Waals surface area (Å²) in [6.07, 6.45) is 1.36. The molecule has 0 radical (unpaired) electrons. The van der Waals surface area contributed by atoms with Crippen LogP contribution in [-0.2, 0) is 17.8 Å². The molecule has 0 fully saturated rings. The fourth-order valence-corrected chi connectivity index (χ4v) is 2.08. The maximum absolute atomic E-state index is 12.0. The number of carbonyl (C=O) groups is 1. The fourth-order valence-electron chi connectivity index (χ4n) is 2.08. The number of rotatable bonds is 6. The normalized spacial score (nSPS) is 11.9. The van der Waals surface area contributed by atoms with E-state index in [-0.39, 0.29) is 12.5 Å². The van der Waals surface area contributed by atoms with Gasteiger partial charge in [-0.25, -0.2) is 0 Å². The van der Waals surface area contributed by atoms with Gasteiger partial charge in [0.25, 0.3) is 0 Å². The van der Waals surface area contributed by atoms with Crippen molar-refractivity contribution in [3.05, 3.63) is 65.7 Å². The third-order valence-electron chi connectivity index (χ3n) is 3.30. The van der Waals surface area contributed by atoms with Gasteiger partial charge in [0.15, 0.2) is 0 Å². The molecule has 0 saturated carbocycles. The van der Waals surface area contributed by atoms with Gasteiger partial charge < -0.3 is 16.2 Å². The molecule has 0 aliphatic carbocycles. The van der Waals surface area contributed by atoms with E-state index in [0.29, 0.717) is 12.1 Å². The zero-order valence-electron chi connectivity index (χ0n) is 11.8. The molecule has 0 aliphatic rings. The van der Waals surface area contributed by atoms with E-state index < -0.39 is 6.04 Å². The van der Waals surface area contributed by atoms with Gasteiger partial charge in [0.1, 0.15) is 0 Å². The number of benzene rings is 2. The Labute approximate surface area is 124 Å². The number of amides is 1. The van der Waals surface area contributed by atoms with Gasteiger partial charge in [0.2, 0.25) is 5.91 Å². The van der Waals surface area contributed by atoms with Gasteiger partial charge in [-0.3, -0.25) is 4.79 Å². The van der Waals surface area contributed by atoms with Gasteiger partial charge in [-0.1, -0.05) is 42.5 Å². The minimum atomic E-state index is -0.553. The van der Waals surface area contributed by atoms with Gasteiger partial charge >= 0.3 is 0 Å². The number of nitrogens with one attached hydrogen (secondary N) is 1. The molecular formula is C17H20N2O2. The van der Waals surface area contributed by atoms with E-state index in [2.05, 4.69) is 5.32 Å². The molecule has 0 aliphatic heterocycles. The lowest BCUT2D eigenvalue weighted by molar-refractivity contribution is -0.117. The Morgan fingerprint density at radius 3 is 2.52 bits per heavy atom. The van der Waals surface area contributed by atoms with Gasteiger partial charge in [0, 0.05) is 5.69 Å². The number of hydrogen-bond donors (Lipinski definition) is 3. The number of hydrogen-bond acceptors (Lipinski definition) is 3.